The number of pyridine rings is 1. The highest BCUT2D eigenvalue weighted by Gasteiger charge is 2.14. The van der Waals surface area contributed by atoms with Crippen LogP contribution in [0.4, 0.5) is 0 Å². The molecule has 120 valence electrons. The van der Waals surface area contributed by atoms with Gasteiger partial charge in [0.25, 0.3) is 0 Å². The van der Waals surface area contributed by atoms with Crippen LogP contribution >= 0.6 is 15.9 Å². The molecule has 21 heavy (non-hydrogen) atoms. The number of aromatic nitrogens is 1. The van der Waals surface area contributed by atoms with Crippen LogP contribution in [0.5, 0.6) is 0 Å². The van der Waals surface area contributed by atoms with Crippen molar-refractivity contribution < 1.29 is 0 Å². The third-order valence-corrected chi connectivity index (χ3v) is 4.52. The van der Waals surface area contributed by atoms with Gasteiger partial charge in [0, 0.05) is 10.7 Å². The summed E-state index contributed by atoms with van der Waals surface area (Å²) in [5, 5.41) is 3.65. The summed E-state index contributed by atoms with van der Waals surface area (Å²) in [7, 11) is 0. The van der Waals surface area contributed by atoms with Crippen LogP contribution in [0.25, 0.3) is 0 Å². The number of halogens is 1. The molecular weight excluding hydrogens is 324 g/mol. The number of nitrogens with one attached hydrogen (secondary N) is 1. The minimum Gasteiger partial charge on any atom is -0.309 e. The summed E-state index contributed by atoms with van der Waals surface area (Å²) < 4.78 is 1.13. The molecule has 0 aromatic carbocycles. The zero-order valence-electron chi connectivity index (χ0n) is 13.7. The quantitative estimate of drug-likeness (QED) is 0.463. The van der Waals surface area contributed by atoms with E-state index in [-0.39, 0.29) is 0 Å². The van der Waals surface area contributed by atoms with Crippen molar-refractivity contribution in [3.05, 3.63) is 28.5 Å². The van der Waals surface area contributed by atoms with E-state index in [0.29, 0.717) is 6.04 Å². The number of nitrogens with zero attached hydrogens (tertiary/aromatic N) is 1. The number of rotatable bonds is 12. The van der Waals surface area contributed by atoms with E-state index in [0.717, 1.165) is 23.1 Å². The molecule has 1 atom stereocenters. The van der Waals surface area contributed by atoms with Crippen molar-refractivity contribution in [2.75, 3.05) is 6.54 Å². The van der Waals surface area contributed by atoms with Gasteiger partial charge in [-0.2, -0.15) is 0 Å². The monoisotopic (exact) mass is 354 g/mol. The molecule has 1 aromatic rings. The third-order valence-electron chi connectivity index (χ3n) is 3.85. The van der Waals surface area contributed by atoms with E-state index in [1.54, 1.807) is 0 Å². The van der Waals surface area contributed by atoms with E-state index in [2.05, 4.69) is 46.1 Å². The van der Waals surface area contributed by atoms with Gasteiger partial charge in [0.2, 0.25) is 0 Å². The van der Waals surface area contributed by atoms with Gasteiger partial charge in [-0.05, 0) is 47.4 Å². The van der Waals surface area contributed by atoms with E-state index in [1.807, 2.05) is 12.3 Å². The smallest absolute Gasteiger partial charge is 0.0714 e. The maximum absolute atomic E-state index is 4.56. The molecule has 1 heterocycles. The maximum atomic E-state index is 4.56. The molecule has 1 unspecified atom stereocenters. The Kier molecular flexibility index (Phi) is 10.8. The molecule has 0 radical (unpaired) electrons. The van der Waals surface area contributed by atoms with Crippen LogP contribution < -0.4 is 5.32 Å². The summed E-state index contributed by atoms with van der Waals surface area (Å²) in [5.41, 5.74) is 1.16. The van der Waals surface area contributed by atoms with E-state index in [9.17, 15) is 0 Å². The molecule has 2 nitrogen and oxygen atoms in total. The second-order valence-corrected chi connectivity index (χ2v) is 6.64. The lowest BCUT2D eigenvalue weighted by Gasteiger charge is -2.19. The van der Waals surface area contributed by atoms with Crippen LogP contribution in [-0.2, 0) is 0 Å². The predicted octanol–water partition coefficient (Wildman–Crippen LogP) is 6.03. The van der Waals surface area contributed by atoms with Crippen molar-refractivity contribution in [3.8, 4) is 0 Å². The van der Waals surface area contributed by atoms with Gasteiger partial charge in [-0.1, -0.05) is 58.8 Å². The molecule has 3 heteroatoms. The molecule has 1 N–H and O–H groups in total. The summed E-state index contributed by atoms with van der Waals surface area (Å²) in [6, 6.07) is 4.46. The Balaban J connectivity index is 2.35. The molecule has 0 saturated heterocycles. The highest BCUT2D eigenvalue weighted by Crippen LogP contribution is 2.25. The first-order valence-electron chi connectivity index (χ1n) is 8.63. The first kappa shape index (κ1) is 18.6. The summed E-state index contributed by atoms with van der Waals surface area (Å²) in [6.45, 7) is 5.55. The molecule has 1 rings (SSSR count). The van der Waals surface area contributed by atoms with Crippen molar-refractivity contribution in [2.24, 2.45) is 0 Å². The highest BCUT2D eigenvalue weighted by molar-refractivity contribution is 9.10. The maximum Gasteiger partial charge on any atom is 0.0714 e. The first-order chi connectivity index (χ1) is 10.3. The van der Waals surface area contributed by atoms with Gasteiger partial charge >= 0.3 is 0 Å². The van der Waals surface area contributed by atoms with Crippen LogP contribution in [0.1, 0.15) is 83.4 Å². The molecule has 0 saturated carbocycles. The lowest BCUT2D eigenvalue weighted by molar-refractivity contribution is 0.456. The van der Waals surface area contributed by atoms with Gasteiger partial charge in [-0.15, -0.1) is 0 Å². The van der Waals surface area contributed by atoms with Crippen molar-refractivity contribution in [2.45, 2.75) is 77.7 Å². The molecule has 0 spiro atoms. The summed E-state index contributed by atoms with van der Waals surface area (Å²) in [6.07, 6.45) is 13.8. The minimum absolute atomic E-state index is 0.385. The molecule has 0 aliphatic heterocycles. The number of unbranched alkanes of at least 4 members (excludes halogenated alkanes) is 6. The fraction of sp³-hybridized carbons (Fsp3) is 0.722. The van der Waals surface area contributed by atoms with Crippen molar-refractivity contribution in [1.29, 1.82) is 0 Å². The molecule has 0 amide bonds. The Morgan fingerprint density at radius 2 is 1.76 bits per heavy atom. The lowest BCUT2D eigenvalue weighted by atomic mass is 10.0. The predicted molar refractivity (Wildman–Crippen MR) is 95.6 cm³/mol. The van der Waals surface area contributed by atoms with E-state index >= 15 is 0 Å². The summed E-state index contributed by atoms with van der Waals surface area (Å²) in [4.78, 5) is 4.56. The molecular formula is C18H31BrN2. The molecule has 1 aromatic heterocycles. The largest absolute Gasteiger partial charge is 0.309 e. The van der Waals surface area contributed by atoms with E-state index in [1.165, 1.54) is 51.4 Å². The normalized spacial score (nSPS) is 12.5. The highest BCUT2D eigenvalue weighted by atomic mass is 79.9. The Bertz CT molecular complexity index is 368. The van der Waals surface area contributed by atoms with Gasteiger partial charge < -0.3 is 5.32 Å². The van der Waals surface area contributed by atoms with Gasteiger partial charge in [0.1, 0.15) is 0 Å². The van der Waals surface area contributed by atoms with Crippen LogP contribution in [0, 0.1) is 0 Å². The minimum atomic E-state index is 0.385. The summed E-state index contributed by atoms with van der Waals surface area (Å²) in [5.74, 6) is 0. The van der Waals surface area contributed by atoms with Crippen molar-refractivity contribution in [1.82, 2.24) is 10.3 Å². The van der Waals surface area contributed by atoms with E-state index < -0.39 is 0 Å². The van der Waals surface area contributed by atoms with E-state index in [4.69, 9.17) is 0 Å². The second kappa shape index (κ2) is 12.2. The molecule has 0 aliphatic rings. The average Bonchev–Trinajstić information content (AvgIpc) is 2.50. The van der Waals surface area contributed by atoms with Crippen molar-refractivity contribution in [3.63, 3.8) is 0 Å². The van der Waals surface area contributed by atoms with Crippen LogP contribution in [0.2, 0.25) is 0 Å². The fourth-order valence-electron chi connectivity index (χ4n) is 2.61. The van der Waals surface area contributed by atoms with Crippen LogP contribution in [-0.4, -0.2) is 11.5 Å². The SMILES string of the molecule is CCCCCCCCCC(NCCC)c1ncccc1Br. The number of hydrogen-bond donors (Lipinski definition) is 1. The van der Waals surface area contributed by atoms with Gasteiger partial charge in [-0.3, -0.25) is 4.98 Å². The Labute approximate surface area is 139 Å². The average molecular weight is 355 g/mol. The van der Waals surface area contributed by atoms with Crippen LogP contribution in [0.15, 0.2) is 22.8 Å². The zero-order valence-corrected chi connectivity index (χ0v) is 15.3. The second-order valence-electron chi connectivity index (χ2n) is 5.79. The fourth-order valence-corrected chi connectivity index (χ4v) is 3.15. The number of hydrogen-bond acceptors (Lipinski definition) is 2. The summed E-state index contributed by atoms with van der Waals surface area (Å²) >= 11 is 3.64. The Morgan fingerprint density at radius 3 is 2.43 bits per heavy atom. The zero-order chi connectivity index (χ0) is 15.3. The third kappa shape index (κ3) is 7.96. The van der Waals surface area contributed by atoms with Crippen LogP contribution in [0.3, 0.4) is 0 Å². The lowest BCUT2D eigenvalue weighted by Crippen LogP contribution is -2.23. The molecule has 0 aliphatic carbocycles. The van der Waals surface area contributed by atoms with Crippen molar-refractivity contribution >= 4 is 15.9 Å². The van der Waals surface area contributed by atoms with Gasteiger partial charge in [-0.25, -0.2) is 0 Å². The topological polar surface area (TPSA) is 24.9 Å². The van der Waals surface area contributed by atoms with Gasteiger partial charge in [0.15, 0.2) is 0 Å². The first-order valence-corrected chi connectivity index (χ1v) is 9.42. The molecule has 0 fully saturated rings. The Morgan fingerprint density at radius 1 is 1.05 bits per heavy atom. The van der Waals surface area contributed by atoms with Gasteiger partial charge in [0.05, 0.1) is 11.7 Å². The molecule has 0 bridgehead atoms. The standard InChI is InChI=1S/C18H31BrN2/c1-3-5-6-7-8-9-10-13-17(20-14-4-2)18-16(19)12-11-15-21-18/h11-12,15,17,20H,3-10,13-14H2,1-2H3. The Hall–Kier alpha value is -0.410.